The van der Waals surface area contributed by atoms with Gasteiger partial charge in [0, 0.05) is 30.5 Å². The van der Waals surface area contributed by atoms with Gasteiger partial charge in [-0.25, -0.2) is 0 Å². The minimum atomic E-state index is -0.301. The summed E-state index contributed by atoms with van der Waals surface area (Å²) in [6, 6.07) is 7.88. The Balaban J connectivity index is 1.94. The Morgan fingerprint density at radius 1 is 1.22 bits per heavy atom. The summed E-state index contributed by atoms with van der Waals surface area (Å²) < 4.78 is 4.88. The predicted octanol–water partition coefficient (Wildman–Crippen LogP) is 3.78. The van der Waals surface area contributed by atoms with Gasteiger partial charge in [-0.05, 0) is 37.5 Å². The van der Waals surface area contributed by atoms with E-state index in [0.29, 0.717) is 19.1 Å². The van der Waals surface area contributed by atoms with Crippen LogP contribution in [0.2, 0.25) is 5.02 Å². The lowest BCUT2D eigenvalue weighted by Crippen LogP contribution is -2.34. The van der Waals surface area contributed by atoms with Crippen LogP contribution >= 0.6 is 11.6 Å². The number of carbonyl (C=O) groups excluding carboxylic acids is 2. The number of likely N-dealkylation sites (tertiary alicyclic amines) is 1. The molecular weight excluding hydrogens is 314 g/mol. The van der Waals surface area contributed by atoms with Gasteiger partial charge >= 0.3 is 5.97 Å². The van der Waals surface area contributed by atoms with E-state index in [2.05, 4.69) is 0 Å². The number of amides is 1. The highest BCUT2D eigenvalue weighted by Gasteiger charge is 2.23. The van der Waals surface area contributed by atoms with Crippen molar-refractivity contribution < 1.29 is 14.3 Å². The van der Waals surface area contributed by atoms with Crippen molar-refractivity contribution in [2.45, 2.75) is 44.9 Å². The molecule has 1 aliphatic heterocycles. The van der Waals surface area contributed by atoms with Crippen molar-refractivity contribution in [1.29, 1.82) is 0 Å². The molecule has 126 valence electrons. The van der Waals surface area contributed by atoms with Crippen molar-refractivity contribution in [3.63, 3.8) is 0 Å². The number of hydrogen-bond donors (Lipinski definition) is 0. The lowest BCUT2D eigenvalue weighted by Gasteiger charge is -2.25. The summed E-state index contributed by atoms with van der Waals surface area (Å²) in [5.74, 6) is 0.0742. The molecule has 1 heterocycles. The highest BCUT2D eigenvalue weighted by molar-refractivity contribution is 6.30. The molecule has 2 rings (SSSR count). The van der Waals surface area contributed by atoms with Crippen molar-refractivity contribution in [1.82, 2.24) is 4.90 Å². The SMILES string of the molecule is CCOC(=O)CCC(=O)N1CCCCC(c2ccc(Cl)cc2)C1. The average Bonchev–Trinajstić information content (AvgIpc) is 2.80. The summed E-state index contributed by atoms with van der Waals surface area (Å²) in [6.45, 7) is 3.61. The van der Waals surface area contributed by atoms with Gasteiger partial charge in [0.2, 0.25) is 5.91 Å². The third-order valence-corrected chi connectivity index (χ3v) is 4.47. The predicted molar refractivity (Wildman–Crippen MR) is 90.5 cm³/mol. The minimum Gasteiger partial charge on any atom is -0.466 e. The minimum absolute atomic E-state index is 0.0407. The van der Waals surface area contributed by atoms with Crippen molar-refractivity contribution in [2.24, 2.45) is 0 Å². The van der Waals surface area contributed by atoms with E-state index in [1.54, 1.807) is 6.92 Å². The quantitative estimate of drug-likeness (QED) is 0.768. The summed E-state index contributed by atoms with van der Waals surface area (Å²) in [7, 11) is 0. The van der Waals surface area contributed by atoms with Crippen molar-refractivity contribution in [3.8, 4) is 0 Å². The fourth-order valence-electron chi connectivity index (χ4n) is 2.98. The smallest absolute Gasteiger partial charge is 0.306 e. The number of ether oxygens (including phenoxy) is 1. The van der Waals surface area contributed by atoms with Gasteiger partial charge in [0.05, 0.1) is 13.0 Å². The molecule has 0 aromatic heterocycles. The molecule has 1 atom stereocenters. The Bertz CT molecular complexity index is 530. The summed E-state index contributed by atoms with van der Waals surface area (Å²) in [5.41, 5.74) is 1.22. The van der Waals surface area contributed by atoms with Crippen LogP contribution in [0.4, 0.5) is 0 Å². The van der Waals surface area contributed by atoms with Crippen LogP contribution in [0.15, 0.2) is 24.3 Å². The Kier molecular flexibility index (Phi) is 6.90. The maximum Gasteiger partial charge on any atom is 0.306 e. The van der Waals surface area contributed by atoms with Crippen LogP contribution in [0, 0.1) is 0 Å². The van der Waals surface area contributed by atoms with Gasteiger partial charge in [-0.15, -0.1) is 0 Å². The van der Waals surface area contributed by atoms with E-state index in [4.69, 9.17) is 16.3 Å². The molecule has 1 saturated heterocycles. The molecule has 1 fully saturated rings. The molecule has 0 saturated carbocycles. The third kappa shape index (κ3) is 5.54. The molecule has 1 unspecified atom stereocenters. The normalized spacial score (nSPS) is 18.3. The Hall–Kier alpha value is -1.55. The van der Waals surface area contributed by atoms with Crippen LogP contribution in [0.5, 0.6) is 0 Å². The zero-order valence-corrected chi connectivity index (χ0v) is 14.3. The van der Waals surface area contributed by atoms with E-state index >= 15 is 0 Å². The first-order chi connectivity index (χ1) is 11.1. The van der Waals surface area contributed by atoms with Crippen LogP contribution < -0.4 is 0 Å². The van der Waals surface area contributed by atoms with E-state index in [1.165, 1.54) is 5.56 Å². The standard InChI is InChI=1S/C18H24ClNO3/c1-2-23-18(22)11-10-17(21)20-12-4-3-5-15(13-20)14-6-8-16(19)9-7-14/h6-9,15H,2-5,10-13H2,1H3. The second kappa shape index (κ2) is 8.92. The van der Waals surface area contributed by atoms with Gasteiger partial charge in [0.1, 0.15) is 0 Å². The Morgan fingerprint density at radius 2 is 1.96 bits per heavy atom. The molecule has 1 aliphatic rings. The van der Waals surface area contributed by atoms with Gasteiger partial charge in [0.25, 0.3) is 0 Å². The molecular formula is C18H24ClNO3. The fourth-order valence-corrected chi connectivity index (χ4v) is 3.10. The number of benzene rings is 1. The first-order valence-corrected chi connectivity index (χ1v) is 8.66. The largest absolute Gasteiger partial charge is 0.466 e. The molecule has 0 radical (unpaired) electrons. The van der Waals surface area contributed by atoms with Gasteiger partial charge in [-0.1, -0.05) is 30.2 Å². The number of nitrogens with zero attached hydrogens (tertiary/aromatic N) is 1. The molecule has 1 aromatic rings. The highest BCUT2D eigenvalue weighted by Crippen LogP contribution is 2.27. The summed E-state index contributed by atoms with van der Waals surface area (Å²) in [6.07, 6.45) is 3.58. The van der Waals surface area contributed by atoms with Crippen LogP contribution in [0.3, 0.4) is 0 Å². The van der Waals surface area contributed by atoms with Crippen LogP contribution in [0.1, 0.15) is 50.5 Å². The number of hydrogen-bond acceptors (Lipinski definition) is 3. The molecule has 1 amide bonds. The van der Waals surface area contributed by atoms with Gasteiger partial charge in [0.15, 0.2) is 0 Å². The fraction of sp³-hybridized carbons (Fsp3) is 0.556. The Morgan fingerprint density at radius 3 is 2.65 bits per heavy atom. The van der Waals surface area contributed by atoms with E-state index in [0.717, 1.165) is 30.8 Å². The zero-order chi connectivity index (χ0) is 16.7. The molecule has 1 aromatic carbocycles. The molecule has 4 nitrogen and oxygen atoms in total. The second-order valence-electron chi connectivity index (χ2n) is 5.89. The van der Waals surface area contributed by atoms with E-state index < -0.39 is 0 Å². The average molecular weight is 338 g/mol. The zero-order valence-electron chi connectivity index (χ0n) is 13.6. The van der Waals surface area contributed by atoms with Crippen LogP contribution in [-0.2, 0) is 14.3 Å². The maximum absolute atomic E-state index is 12.4. The Labute approximate surface area is 142 Å². The van der Waals surface area contributed by atoms with Gasteiger partial charge < -0.3 is 9.64 Å². The molecule has 0 N–H and O–H groups in total. The van der Waals surface area contributed by atoms with Gasteiger partial charge in [-0.2, -0.15) is 0 Å². The maximum atomic E-state index is 12.4. The van der Waals surface area contributed by atoms with Crippen molar-refractivity contribution in [3.05, 3.63) is 34.9 Å². The first-order valence-electron chi connectivity index (χ1n) is 8.29. The van der Waals surface area contributed by atoms with Crippen molar-refractivity contribution in [2.75, 3.05) is 19.7 Å². The molecule has 5 heteroatoms. The molecule has 0 spiro atoms. The topological polar surface area (TPSA) is 46.6 Å². The van der Waals surface area contributed by atoms with Crippen molar-refractivity contribution >= 4 is 23.5 Å². The summed E-state index contributed by atoms with van der Waals surface area (Å²) >= 11 is 5.95. The van der Waals surface area contributed by atoms with Gasteiger partial charge in [-0.3, -0.25) is 9.59 Å². The first kappa shape index (κ1) is 17.8. The number of carbonyl (C=O) groups is 2. The second-order valence-corrected chi connectivity index (χ2v) is 6.33. The van der Waals surface area contributed by atoms with E-state index in [-0.39, 0.29) is 24.7 Å². The highest BCUT2D eigenvalue weighted by atomic mass is 35.5. The number of esters is 1. The number of halogens is 1. The molecule has 23 heavy (non-hydrogen) atoms. The lowest BCUT2D eigenvalue weighted by molar-refractivity contribution is -0.145. The summed E-state index contributed by atoms with van der Waals surface area (Å²) in [5, 5.41) is 0.727. The monoisotopic (exact) mass is 337 g/mol. The lowest BCUT2D eigenvalue weighted by atomic mass is 9.94. The van der Waals surface area contributed by atoms with E-state index in [1.807, 2.05) is 29.2 Å². The van der Waals surface area contributed by atoms with Crippen LogP contribution in [-0.4, -0.2) is 36.5 Å². The van der Waals surface area contributed by atoms with Crippen LogP contribution in [0.25, 0.3) is 0 Å². The molecule has 0 bridgehead atoms. The van der Waals surface area contributed by atoms with E-state index in [9.17, 15) is 9.59 Å². The number of rotatable bonds is 5. The third-order valence-electron chi connectivity index (χ3n) is 4.21. The molecule has 0 aliphatic carbocycles. The summed E-state index contributed by atoms with van der Waals surface area (Å²) in [4.78, 5) is 25.7.